The molecule has 0 aliphatic carbocycles. The van der Waals surface area contributed by atoms with Gasteiger partial charge in [-0.1, -0.05) is 42.5 Å². The van der Waals surface area contributed by atoms with Crippen LogP contribution in [0.3, 0.4) is 0 Å². The smallest absolute Gasteiger partial charge is 0.254 e. The average Bonchev–Trinajstić information content (AvgIpc) is 2.74. The van der Waals surface area contributed by atoms with Gasteiger partial charge in [-0.25, -0.2) is 17.5 Å². The number of amides is 1. The predicted molar refractivity (Wildman–Crippen MR) is 123 cm³/mol. The summed E-state index contributed by atoms with van der Waals surface area (Å²) in [7, 11) is -2.02. The molecule has 3 aromatic rings. The Bertz CT molecular complexity index is 1170. The van der Waals surface area contributed by atoms with E-state index < -0.39 is 21.6 Å². The molecule has 1 atom stereocenters. The van der Waals surface area contributed by atoms with Crippen LogP contribution in [0.1, 0.15) is 48.3 Å². The number of hydrogen-bond donors (Lipinski definition) is 1. The third kappa shape index (κ3) is 5.60. The molecular formula is C25H27FN2O3S. The lowest BCUT2D eigenvalue weighted by Gasteiger charge is -2.29. The van der Waals surface area contributed by atoms with E-state index in [1.807, 2.05) is 30.3 Å². The number of benzene rings is 3. The second kappa shape index (κ2) is 9.22. The Hall–Kier alpha value is -3.03. The molecule has 0 saturated heterocycles. The third-order valence-electron chi connectivity index (χ3n) is 4.86. The largest absolute Gasteiger partial charge is 0.331 e. The van der Waals surface area contributed by atoms with E-state index in [1.165, 1.54) is 36.4 Å². The van der Waals surface area contributed by atoms with Gasteiger partial charge in [0.05, 0.1) is 10.9 Å². The van der Waals surface area contributed by atoms with E-state index in [0.717, 1.165) is 11.1 Å². The molecule has 0 aliphatic heterocycles. The number of halogens is 1. The van der Waals surface area contributed by atoms with Gasteiger partial charge < -0.3 is 4.90 Å². The Morgan fingerprint density at radius 3 is 1.94 bits per heavy atom. The van der Waals surface area contributed by atoms with Crippen molar-refractivity contribution in [3.63, 3.8) is 0 Å². The maximum Gasteiger partial charge on any atom is 0.254 e. The fourth-order valence-electron chi connectivity index (χ4n) is 3.48. The first-order chi connectivity index (χ1) is 15.0. The third-order valence-corrected chi connectivity index (χ3v) is 6.63. The predicted octanol–water partition coefficient (Wildman–Crippen LogP) is 4.76. The second-order valence-corrected chi connectivity index (χ2v) is 10.3. The van der Waals surface area contributed by atoms with Crippen LogP contribution in [-0.4, -0.2) is 31.8 Å². The number of sulfonamides is 1. The Balaban J connectivity index is 1.91. The van der Waals surface area contributed by atoms with Crippen molar-refractivity contribution >= 4 is 15.9 Å². The van der Waals surface area contributed by atoms with Gasteiger partial charge in [0.2, 0.25) is 10.0 Å². The maximum atomic E-state index is 13.5. The van der Waals surface area contributed by atoms with E-state index in [4.69, 9.17) is 0 Å². The Morgan fingerprint density at radius 2 is 1.41 bits per heavy atom. The molecule has 1 amide bonds. The fourth-order valence-corrected chi connectivity index (χ4v) is 4.90. The molecule has 0 aromatic heterocycles. The monoisotopic (exact) mass is 454 g/mol. The van der Waals surface area contributed by atoms with Crippen LogP contribution in [-0.2, 0) is 10.0 Å². The van der Waals surface area contributed by atoms with Crippen molar-refractivity contribution < 1.29 is 17.6 Å². The summed E-state index contributed by atoms with van der Waals surface area (Å²) in [6, 6.07) is 20.9. The summed E-state index contributed by atoms with van der Waals surface area (Å²) in [5.74, 6) is -0.633. The Labute approximate surface area is 188 Å². The summed E-state index contributed by atoms with van der Waals surface area (Å²) in [6.45, 7) is 5.28. The molecule has 168 valence electrons. The van der Waals surface area contributed by atoms with Gasteiger partial charge in [0.15, 0.2) is 0 Å². The van der Waals surface area contributed by atoms with Crippen molar-refractivity contribution in [2.75, 3.05) is 7.05 Å². The van der Waals surface area contributed by atoms with Crippen LogP contribution in [0, 0.1) is 5.82 Å². The molecule has 1 N–H and O–H groups in total. The lowest BCUT2D eigenvalue weighted by Crippen LogP contribution is -2.40. The lowest BCUT2D eigenvalue weighted by molar-refractivity contribution is 0.0755. The van der Waals surface area contributed by atoms with E-state index in [1.54, 1.807) is 44.9 Å². The molecule has 0 saturated carbocycles. The van der Waals surface area contributed by atoms with Gasteiger partial charge in [-0.3, -0.25) is 4.79 Å². The molecule has 5 nitrogen and oxygen atoms in total. The molecule has 32 heavy (non-hydrogen) atoms. The minimum Gasteiger partial charge on any atom is -0.331 e. The summed E-state index contributed by atoms with van der Waals surface area (Å²) < 4.78 is 41.1. The summed E-state index contributed by atoms with van der Waals surface area (Å²) in [4.78, 5) is 14.9. The topological polar surface area (TPSA) is 66.5 Å². The zero-order chi connectivity index (χ0) is 23.5. The Morgan fingerprint density at radius 1 is 0.875 bits per heavy atom. The molecule has 1 unspecified atom stereocenters. The molecule has 0 heterocycles. The summed E-state index contributed by atoms with van der Waals surface area (Å²) >= 11 is 0. The first-order valence-electron chi connectivity index (χ1n) is 10.2. The van der Waals surface area contributed by atoms with Crippen molar-refractivity contribution in [3.8, 4) is 0 Å². The molecule has 0 spiro atoms. The zero-order valence-corrected chi connectivity index (χ0v) is 19.4. The van der Waals surface area contributed by atoms with Gasteiger partial charge in [-0.05, 0) is 68.3 Å². The summed E-state index contributed by atoms with van der Waals surface area (Å²) in [5.41, 5.74) is 1.38. The highest BCUT2D eigenvalue weighted by Crippen LogP contribution is 2.29. The van der Waals surface area contributed by atoms with Crippen LogP contribution in [0.25, 0.3) is 0 Å². The van der Waals surface area contributed by atoms with Crippen LogP contribution >= 0.6 is 0 Å². The van der Waals surface area contributed by atoms with Gasteiger partial charge in [0.25, 0.3) is 5.91 Å². The van der Waals surface area contributed by atoms with E-state index in [-0.39, 0.29) is 16.6 Å². The number of carbonyl (C=O) groups excluding carboxylic acids is 1. The zero-order valence-electron chi connectivity index (χ0n) is 18.5. The van der Waals surface area contributed by atoms with E-state index >= 15 is 0 Å². The number of rotatable bonds is 6. The van der Waals surface area contributed by atoms with E-state index in [0.29, 0.717) is 5.56 Å². The van der Waals surface area contributed by atoms with Crippen molar-refractivity contribution in [1.82, 2.24) is 9.62 Å². The van der Waals surface area contributed by atoms with Crippen LogP contribution in [0.4, 0.5) is 4.39 Å². The standard InChI is InChI=1S/C25H27FN2O3S/c1-25(2,3)27-32(30,31)22-16-12-20(13-17-22)24(29)28(4)23(18-8-6-5-7-9-18)19-10-14-21(26)15-11-19/h5-17,23,27H,1-4H3. The van der Waals surface area contributed by atoms with Crippen molar-refractivity contribution in [1.29, 1.82) is 0 Å². The second-order valence-electron chi connectivity index (χ2n) is 8.66. The highest BCUT2D eigenvalue weighted by atomic mass is 32.2. The number of hydrogen-bond acceptors (Lipinski definition) is 3. The average molecular weight is 455 g/mol. The first-order valence-corrected chi connectivity index (χ1v) is 11.7. The van der Waals surface area contributed by atoms with Gasteiger partial charge in [0, 0.05) is 18.2 Å². The summed E-state index contributed by atoms with van der Waals surface area (Å²) in [6.07, 6.45) is 0. The van der Waals surface area contributed by atoms with Crippen LogP contribution in [0.2, 0.25) is 0 Å². The SMILES string of the molecule is CN(C(=O)c1ccc(S(=O)(=O)NC(C)(C)C)cc1)C(c1ccccc1)c1ccc(F)cc1. The molecular weight excluding hydrogens is 427 g/mol. The highest BCUT2D eigenvalue weighted by Gasteiger charge is 2.26. The van der Waals surface area contributed by atoms with E-state index in [9.17, 15) is 17.6 Å². The van der Waals surface area contributed by atoms with Gasteiger partial charge in [0.1, 0.15) is 5.82 Å². The van der Waals surface area contributed by atoms with Crippen molar-refractivity contribution in [3.05, 3.63) is 101 Å². The maximum absolute atomic E-state index is 13.5. The van der Waals surface area contributed by atoms with Crippen molar-refractivity contribution in [2.45, 2.75) is 37.2 Å². The molecule has 3 aromatic carbocycles. The van der Waals surface area contributed by atoms with Crippen LogP contribution in [0.5, 0.6) is 0 Å². The number of nitrogens with one attached hydrogen (secondary N) is 1. The number of nitrogens with zero attached hydrogens (tertiary/aromatic N) is 1. The fraction of sp³-hybridized carbons (Fsp3) is 0.240. The van der Waals surface area contributed by atoms with Gasteiger partial charge in [-0.15, -0.1) is 0 Å². The highest BCUT2D eigenvalue weighted by molar-refractivity contribution is 7.89. The molecule has 0 radical (unpaired) electrons. The molecule has 0 fully saturated rings. The lowest BCUT2D eigenvalue weighted by atomic mass is 9.96. The molecule has 0 aliphatic rings. The quantitative estimate of drug-likeness (QED) is 0.584. The Kier molecular flexibility index (Phi) is 6.81. The van der Waals surface area contributed by atoms with Crippen LogP contribution < -0.4 is 4.72 Å². The minimum absolute atomic E-state index is 0.0878. The van der Waals surface area contributed by atoms with E-state index in [2.05, 4.69) is 4.72 Å². The molecule has 0 bridgehead atoms. The first kappa shape index (κ1) is 23.6. The van der Waals surface area contributed by atoms with Gasteiger partial charge in [-0.2, -0.15) is 0 Å². The van der Waals surface area contributed by atoms with Crippen LogP contribution in [0.15, 0.2) is 83.8 Å². The van der Waals surface area contributed by atoms with Gasteiger partial charge >= 0.3 is 0 Å². The minimum atomic E-state index is -3.70. The summed E-state index contributed by atoms with van der Waals surface area (Å²) in [5, 5.41) is 0. The molecule has 3 rings (SSSR count). The molecule has 7 heteroatoms. The van der Waals surface area contributed by atoms with Crippen molar-refractivity contribution in [2.24, 2.45) is 0 Å². The number of carbonyl (C=O) groups is 1. The normalized spacial score (nSPS) is 12.9.